The maximum absolute atomic E-state index is 9.34. The lowest BCUT2D eigenvalue weighted by molar-refractivity contribution is 0.302. The molecule has 0 saturated carbocycles. The molecule has 5 rings (SSSR count). The van der Waals surface area contributed by atoms with Crippen molar-refractivity contribution in [1.82, 2.24) is 9.97 Å². The first-order valence-electron chi connectivity index (χ1n) is 10.3. The fourth-order valence-electron chi connectivity index (χ4n) is 3.86. The van der Waals surface area contributed by atoms with Crippen LogP contribution in [-0.4, -0.2) is 34.8 Å². The number of aromatic nitrogens is 2. The van der Waals surface area contributed by atoms with Gasteiger partial charge >= 0.3 is 0 Å². The van der Waals surface area contributed by atoms with E-state index in [2.05, 4.69) is 22.9 Å². The average Bonchev–Trinajstić information content (AvgIpc) is 2.82. The van der Waals surface area contributed by atoms with E-state index in [1.807, 2.05) is 54.6 Å². The Hall–Kier alpha value is -3.77. The van der Waals surface area contributed by atoms with E-state index in [1.54, 1.807) is 12.4 Å². The van der Waals surface area contributed by atoms with Gasteiger partial charge in [-0.05, 0) is 31.2 Å². The first-order valence-corrected chi connectivity index (χ1v) is 10.3. The van der Waals surface area contributed by atoms with E-state index >= 15 is 0 Å². The largest absolute Gasteiger partial charge is 0.453 e. The SMILES string of the molecule is CCN(CCO)c1ccc2nc3c4ccccc4c(=Nc4ccncc4)cc-3oc2c1. The number of hydrogen-bond donors (Lipinski definition) is 1. The van der Waals surface area contributed by atoms with E-state index in [9.17, 15) is 5.11 Å². The number of benzene rings is 3. The molecule has 1 N–H and O–H groups in total. The number of rotatable bonds is 5. The normalized spacial score (nSPS) is 12.1. The summed E-state index contributed by atoms with van der Waals surface area (Å²) in [4.78, 5) is 15.9. The molecule has 0 radical (unpaired) electrons. The molecule has 2 aromatic carbocycles. The second-order valence-corrected chi connectivity index (χ2v) is 7.27. The Balaban J connectivity index is 1.76. The summed E-state index contributed by atoms with van der Waals surface area (Å²) >= 11 is 0. The van der Waals surface area contributed by atoms with Gasteiger partial charge in [-0.25, -0.2) is 9.98 Å². The van der Waals surface area contributed by atoms with Crippen LogP contribution in [0.1, 0.15) is 6.92 Å². The maximum Gasteiger partial charge on any atom is 0.155 e. The van der Waals surface area contributed by atoms with Crippen molar-refractivity contribution in [3.05, 3.63) is 78.4 Å². The molecule has 3 aromatic rings. The Kier molecular flexibility index (Phi) is 5.06. The molecule has 0 unspecified atom stereocenters. The van der Waals surface area contributed by atoms with E-state index in [-0.39, 0.29) is 6.61 Å². The Bertz CT molecular complexity index is 1400. The minimum absolute atomic E-state index is 0.102. The summed E-state index contributed by atoms with van der Waals surface area (Å²) in [5.41, 5.74) is 4.13. The number of nitrogens with zero attached hydrogens (tertiary/aromatic N) is 4. The molecule has 1 aromatic heterocycles. The minimum Gasteiger partial charge on any atom is -0.453 e. The molecule has 0 bridgehead atoms. The number of aliphatic hydroxyl groups is 1. The predicted molar refractivity (Wildman–Crippen MR) is 123 cm³/mol. The van der Waals surface area contributed by atoms with Crippen molar-refractivity contribution in [3.63, 3.8) is 0 Å². The van der Waals surface area contributed by atoms with Gasteiger partial charge < -0.3 is 14.4 Å². The molecule has 1 aliphatic carbocycles. The fraction of sp³-hybridized carbons (Fsp3) is 0.160. The molecule has 0 spiro atoms. The number of hydrogen-bond acceptors (Lipinski definition) is 6. The third kappa shape index (κ3) is 3.62. The zero-order valence-electron chi connectivity index (χ0n) is 17.2. The molecule has 0 fully saturated rings. The summed E-state index contributed by atoms with van der Waals surface area (Å²) in [5, 5.41) is 12.2. The topological polar surface area (TPSA) is 74.8 Å². The second-order valence-electron chi connectivity index (χ2n) is 7.27. The number of pyridine rings is 1. The third-order valence-corrected chi connectivity index (χ3v) is 5.38. The summed E-state index contributed by atoms with van der Waals surface area (Å²) in [6.07, 6.45) is 3.46. The molecule has 31 heavy (non-hydrogen) atoms. The van der Waals surface area contributed by atoms with Crippen LogP contribution in [0, 0.1) is 0 Å². The van der Waals surface area contributed by atoms with Gasteiger partial charge in [0.2, 0.25) is 0 Å². The van der Waals surface area contributed by atoms with Crippen LogP contribution in [0.3, 0.4) is 0 Å². The van der Waals surface area contributed by atoms with Crippen LogP contribution < -0.4 is 10.3 Å². The third-order valence-electron chi connectivity index (χ3n) is 5.38. The quantitative estimate of drug-likeness (QED) is 0.340. The van der Waals surface area contributed by atoms with Gasteiger partial charge in [-0.1, -0.05) is 24.3 Å². The van der Waals surface area contributed by atoms with Gasteiger partial charge in [0.25, 0.3) is 0 Å². The van der Waals surface area contributed by atoms with E-state index in [1.165, 1.54) is 0 Å². The highest BCUT2D eigenvalue weighted by Gasteiger charge is 2.15. The van der Waals surface area contributed by atoms with Crippen LogP contribution in [0.2, 0.25) is 0 Å². The Labute approximate surface area is 179 Å². The summed E-state index contributed by atoms with van der Waals surface area (Å²) in [7, 11) is 0. The second kappa shape index (κ2) is 8.16. The molecule has 2 aliphatic rings. The van der Waals surface area contributed by atoms with Gasteiger partial charge in [-0.15, -0.1) is 0 Å². The first-order chi connectivity index (χ1) is 15.3. The van der Waals surface area contributed by atoms with E-state index < -0.39 is 0 Å². The van der Waals surface area contributed by atoms with Crippen molar-refractivity contribution in [2.24, 2.45) is 4.99 Å². The van der Waals surface area contributed by atoms with Crippen molar-refractivity contribution in [2.45, 2.75) is 6.92 Å². The number of aliphatic hydroxyl groups excluding tert-OH is 1. The standard InChI is InChI=1S/C25H22N4O2/c1-2-29(13-14-30)18-7-8-21-23(15-18)31-24-16-22(27-17-9-11-26-12-10-17)19-5-3-4-6-20(19)25(24)28-21/h3-12,15-16,30H,2,13-14H2,1H3. The summed E-state index contributed by atoms with van der Waals surface area (Å²) in [6.45, 7) is 3.54. The Morgan fingerprint density at radius 2 is 1.81 bits per heavy atom. The minimum atomic E-state index is 0.102. The highest BCUT2D eigenvalue weighted by molar-refractivity contribution is 5.96. The number of anilines is 1. The van der Waals surface area contributed by atoms with Crippen LogP contribution in [0.4, 0.5) is 11.4 Å². The summed E-state index contributed by atoms with van der Waals surface area (Å²) < 4.78 is 6.32. The summed E-state index contributed by atoms with van der Waals surface area (Å²) in [6, 6.07) is 19.8. The molecular weight excluding hydrogens is 388 g/mol. The van der Waals surface area contributed by atoms with Crippen LogP contribution in [-0.2, 0) is 0 Å². The zero-order valence-corrected chi connectivity index (χ0v) is 17.2. The first kappa shape index (κ1) is 19.2. The van der Waals surface area contributed by atoms with E-state index in [0.29, 0.717) is 17.9 Å². The fourth-order valence-corrected chi connectivity index (χ4v) is 3.86. The number of likely N-dealkylation sites (N-methyl/N-ethyl adjacent to an activating group) is 1. The lowest BCUT2D eigenvalue weighted by atomic mass is 10.0. The van der Waals surface area contributed by atoms with Crippen molar-refractivity contribution in [1.29, 1.82) is 0 Å². The Morgan fingerprint density at radius 1 is 1.00 bits per heavy atom. The molecular formula is C25H22N4O2. The molecule has 0 amide bonds. The predicted octanol–water partition coefficient (Wildman–Crippen LogP) is 4.53. The molecule has 6 heteroatoms. The smallest absolute Gasteiger partial charge is 0.155 e. The lowest BCUT2D eigenvalue weighted by Gasteiger charge is -2.22. The van der Waals surface area contributed by atoms with Gasteiger partial charge in [0, 0.05) is 54.1 Å². The van der Waals surface area contributed by atoms with Gasteiger partial charge in [-0.3, -0.25) is 4.98 Å². The average molecular weight is 410 g/mol. The van der Waals surface area contributed by atoms with Crippen molar-refractivity contribution in [3.8, 4) is 11.5 Å². The summed E-state index contributed by atoms with van der Waals surface area (Å²) in [5.74, 6) is 0.682. The van der Waals surface area contributed by atoms with Crippen LogP contribution in [0.15, 0.2) is 82.5 Å². The van der Waals surface area contributed by atoms with Crippen molar-refractivity contribution < 1.29 is 9.52 Å². The molecule has 0 atom stereocenters. The van der Waals surface area contributed by atoms with Gasteiger partial charge in [0.15, 0.2) is 11.3 Å². The van der Waals surface area contributed by atoms with E-state index in [0.717, 1.165) is 45.3 Å². The molecule has 2 heterocycles. The molecule has 154 valence electrons. The highest BCUT2D eigenvalue weighted by atomic mass is 16.3. The highest BCUT2D eigenvalue weighted by Crippen LogP contribution is 2.31. The van der Waals surface area contributed by atoms with Gasteiger partial charge in [0.1, 0.15) is 11.2 Å². The van der Waals surface area contributed by atoms with Crippen molar-refractivity contribution in [2.75, 3.05) is 24.6 Å². The van der Waals surface area contributed by atoms with Crippen LogP contribution in [0.25, 0.3) is 33.3 Å². The van der Waals surface area contributed by atoms with Gasteiger partial charge in [-0.2, -0.15) is 0 Å². The van der Waals surface area contributed by atoms with Crippen molar-refractivity contribution >= 4 is 33.2 Å². The van der Waals surface area contributed by atoms with Crippen LogP contribution >= 0.6 is 0 Å². The van der Waals surface area contributed by atoms with Gasteiger partial charge in [0.05, 0.1) is 17.7 Å². The van der Waals surface area contributed by atoms with E-state index in [4.69, 9.17) is 14.4 Å². The lowest BCUT2D eigenvalue weighted by Crippen LogP contribution is -2.25. The van der Waals surface area contributed by atoms with Crippen LogP contribution in [0.5, 0.6) is 0 Å². The monoisotopic (exact) mass is 410 g/mol. The molecule has 1 aliphatic heterocycles. The molecule has 6 nitrogen and oxygen atoms in total. The Morgan fingerprint density at radius 3 is 2.58 bits per heavy atom. The number of fused-ring (bicyclic) bond motifs is 4. The zero-order chi connectivity index (χ0) is 21.2. The maximum atomic E-state index is 9.34. The molecule has 0 saturated heterocycles.